The van der Waals surface area contributed by atoms with Crippen molar-refractivity contribution in [2.75, 3.05) is 0 Å². The van der Waals surface area contributed by atoms with E-state index in [0.29, 0.717) is 29.2 Å². The van der Waals surface area contributed by atoms with Gasteiger partial charge in [-0.15, -0.1) is 0 Å². The van der Waals surface area contributed by atoms with Gasteiger partial charge in [0.15, 0.2) is 6.10 Å². The molecule has 2 aromatic carbocycles. The van der Waals surface area contributed by atoms with Crippen molar-refractivity contribution >= 4 is 17.5 Å². The molecule has 1 amide bonds. The Balaban J connectivity index is 1.64. The van der Waals surface area contributed by atoms with E-state index in [1.165, 1.54) is 6.07 Å². The Bertz CT molecular complexity index is 717. The number of nitrogens with one attached hydrogen (secondary N) is 1. The summed E-state index contributed by atoms with van der Waals surface area (Å²) < 4.78 is 19.3. The van der Waals surface area contributed by atoms with Crippen molar-refractivity contribution in [2.45, 2.75) is 31.9 Å². The maximum absolute atomic E-state index is 13.7. The smallest absolute Gasteiger partial charge is 0.261 e. The predicted molar refractivity (Wildman–Crippen MR) is 87.1 cm³/mol. The van der Waals surface area contributed by atoms with Crippen LogP contribution >= 0.6 is 11.6 Å². The molecule has 2 aromatic rings. The quantitative estimate of drug-likeness (QED) is 0.916. The summed E-state index contributed by atoms with van der Waals surface area (Å²) in [7, 11) is 0. The lowest BCUT2D eigenvalue weighted by atomic mass is 10.1. The van der Waals surface area contributed by atoms with Crippen LogP contribution in [0.2, 0.25) is 5.02 Å². The second kappa shape index (κ2) is 6.59. The summed E-state index contributed by atoms with van der Waals surface area (Å²) in [5, 5.41) is 3.55. The second-order valence-electron chi connectivity index (χ2n) is 5.62. The second-order valence-corrected chi connectivity index (χ2v) is 6.06. The number of benzene rings is 2. The van der Waals surface area contributed by atoms with Crippen LogP contribution in [0.1, 0.15) is 30.5 Å². The van der Waals surface area contributed by atoms with Gasteiger partial charge in [-0.2, -0.15) is 0 Å². The van der Waals surface area contributed by atoms with Crippen LogP contribution in [0.15, 0.2) is 42.5 Å². The van der Waals surface area contributed by atoms with E-state index < -0.39 is 6.10 Å². The lowest BCUT2D eigenvalue weighted by Gasteiger charge is -2.19. The zero-order valence-corrected chi connectivity index (χ0v) is 13.4. The molecule has 0 saturated carbocycles. The highest BCUT2D eigenvalue weighted by atomic mass is 35.5. The summed E-state index contributed by atoms with van der Waals surface area (Å²) in [4.78, 5) is 12.3. The number of carbonyl (C=O) groups is 1. The van der Waals surface area contributed by atoms with Gasteiger partial charge in [-0.05, 0) is 61.2 Å². The molecule has 0 heterocycles. The summed E-state index contributed by atoms with van der Waals surface area (Å²) in [6.45, 7) is 1.69. The van der Waals surface area contributed by atoms with Gasteiger partial charge in [-0.3, -0.25) is 4.79 Å². The van der Waals surface area contributed by atoms with Crippen LogP contribution in [0.25, 0.3) is 0 Å². The van der Waals surface area contributed by atoms with Crippen LogP contribution < -0.4 is 10.1 Å². The molecule has 2 atom stereocenters. The lowest BCUT2D eigenvalue weighted by molar-refractivity contribution is -0.128. The van der Waals surface area contributed by atoms with Crippen LogP contribution in [0, 0.1) is 5.82 Å². The maximum Gasteiger partial charge on any atom is 0.261 e. The fourth-order valence-corrected chi connectivity index (χ4v) is 2.95. The van der Waals surface area contributed by atoms with Crippen LogP contribution in [-0.4, -0.2) is 12.0 Å². The number of fused-ring (bicyclic) bond motifs is 1. The van der Waals surface area contributed by atoms with Gasteiger partial charge < -0.3 is 10.1 Å². The van der Waals surface area contributed by atoms with E-state index in [-0.39, 0.29) is 17.8 Å². The van der Waals surface area contributed by atoms with E-state index in [4.69, 9.17) is 16.3 Å². The summed E-state index contributed by atoms with van der Waals surface area (Å²) in [5.41, 5.74) is 1.56. The Hall–Kier alpha value is -2.07. The summed E-state index contributed by atoms with van der Waals surface area (Å²) in [6.07, 6.45) is 0.698. The summed E-state index contributed by atoms with van der Waals surface area (Å²) in [6, 6.07) is 11.7. The highest BCUT2D eigenvalue weighted by Gasteiger charge is 2.27. The lowest BCUT2D eigenvalue weighted by Crippen LogP contribution is -2.38. The third-order valence-corrected chi connectivity index (χ3v) is 4.28. The highest BCUT2D eigenvalue weighted by molar-refractivity contribution is 6.30. The molecule has 1 aliphatic carbocycles. The van der Waals surface area contributed by atoms with Crippen molar-refractivity contribution in [1.29, 1.82) is 0 Å². The third-order valence-electron chi connectivity index (χ3n) is 4.03. The van der Waals surface area contributed by atoms with Crippen molar-refractivity contribution in [2.24, 2.45) is 0 Å². The fraction of sp³-hybridized carbons (Fsp3) is 0.278. The molecule has 0 fully saturated rings. The molecule has 0 radical (unpaired) electrons. The van der Waals surface area contributed by atoms with Crippen molar-refractivity contribution in [3.8, 4) is 5.75 Å². The van der Waals surface area contributed by atoms with Crippen molar-refractivity contribution in [3.05, 3.63) is 64.4 Å². The van der Waals surface area contributed by atoms with E-state index >= 15 is 0 Å². The monoisotopic (exact) mass is 333 g/mol. The molecule has 3 nitrogen and oxygen atoms in total. The minimum Gasteiger partial charge on any atom is -0.481 e. The molecule has 0 aromatic heterocycles. The molecule has 0 bridgehead atoms. The van der Waals surface area contributed by atoms with Gasteiger partial charge in [0.25, 0.3) is 5.91 Å². The number of hydrogen-bond acceptors (Lipinski definition) is 2. The number of rotatable bonds is 4. The molecule has 120 valence electrons. The van der Waals surface area contributed by atoms with E-state index in [0.717, 1.165) is 5.56 Å². The van der Waals surface area contributed by atoms with Gasteiger partial charge >= 0.3 is 0 Å². The van der Waals surface area contributed by atoms with Gasteiger partial charge in [-0.25, -0.2) is 4.39 Å². The Morgan fingerprint density at radius 2 is 2.04 bits per heavy atom. The number of carbonyl (C=O) groups excluding carboxylic acids is 1. The molecule has 2 unspecified atom stereocenters. The zero-order valence-electron chi connectivity index (χ0n) is 12.7. The molecule has 23 heavy (non-hydrogen) atoms. The van der Waals surface area contributed by atoms with Crippen LogP contribution in [0.3, 0.4) is 0 Å². The standard InChI is InChI=1S/C18H17ClFNO2/c1-11(23-13-7-5-12(19)6-8-13)18(22)21-17-10-9-14-15(17)3-2-4-16(14)20/h2-8,11,17H,9-10H2,1H3,(H,21,22). The van der Waals surface area contributed by atoms with Gasteiger partial charge in [0.05, 0.1) is 6.04 Å². The molecule has 1 N–H and O–H groups in total. The third kappa shape index (κ3) is 3.48. The Morgan fingerprint density at radius 1 is 1.30 bits per heavy atom. The van der Waals surface area contributed by atoms with E-state index in [2.05, 4.69) is 5.32 Å². The van der Waals surface area contributed by atoms with Crippen LogP contribution in [0.4, 0.5) is 4.39 Å². The minimum absolute atomic E-state index is 0.163. The van der Waals surface area contributed by atoms with Gasteiger partial charge in [0.2, 0.25) is 0 Å². The molecule has 0 spiro atoms. The molecule has 5 heteroatoms. The summed E-state index contributed by atoms with van der Waals surface area (Å²) >= 11 is 5.82. The van der Waals surface area contributed by atoms with Crippen LogP contribution in [0.5, 0.6) is 5.75 Å². The molecular formula is C18H17ClFNO2. The average Bonchev–Trinajstić information content (AvgIpc) is 2.94. The molecule has 3 rings (SSSR count). The van der Waals surface area contributed by atoms with Crippen molar-refractivity contribution in [1.82, 2.24) is 5.32 Å². The highest BCUT2D eigenvalue weighted by Crippen LogP contribution is 2.32. The topological polar surface area (TPSA) is 38.3 Å². The SMILES string of the molecule is CC(Oc1ccc(Cl)cc1)C(=O)NC1CCc2c(F)cccc21. The largest absolute Gasteiger partial charge is 0.481 e. The van der Waals surface area contributed by atoms with E-state index in [1.807, 2.05) is 6.07 Å². The molecule has 0 saturated heterocycles. The Morgan fingerprint density at radius 3 is 2.78 bits per heavy atom. The molecular weight excluding hydrogens is 317 g/mol. The first-order valence-corrected chi connectivity index (χ1v) is 7.92. The number of ether oxygens (including phenoxy) is 1. The number of halogens is 2. The van der Waals surface area contributed by atoms with E-state index in [1.54, 1.807) is 37.3 Å². The molecule has 0 aliphatic heterocycles. The van der Waals surface area contributed by atoms with Crippen LogP contribution in [-0.2, 0) is 11.2 Å². The first-order chi connectivity index (χ1) is 11.0. The fourth-order valence-electron chi connectivity index (χ4n) is 2.82. The van der Waals surface area contributed by atoms with Crippen molar-refractivity contribution in [3.63, 3.8) is 0 Å². The van der Waals surface area contributed by atoms with E-state index in [9.17, 15) is 9.18 Å². The predicted octanol–water partition coefficient (Wildman–Crippen LogP) is 4.05. The first-order valence-electron chi connectivity index (χ1n) is 7.54. The zero-order chi connectivity index (χ0) is 16.4. The first kappa shape index (κ1) is 15.8. The maximum atomic E-state index is 13.7. The Labute approximate surface area is 139 Å². The Kier molecular flexibility index (Phi) is 4.53. The van der Waals surface area contributed by atoms with Gasteiger partial charge in [-0.1, -0.05) is 23.7 Å². The minimum atomic E-state index is -0.645. The average molecular weight is 334 g/mol. The van der Waals surface area contributed by atoms with Gasteiger partial charge in [0, 0.05) is 5.02 Å². The normalized spacial score (nSPS) is 17.4. The summed E-state index contributed by atoms with van der Waals surface area (Å²) in [5.74, 6) is 0.154. The van der Waals surface area contributed by atoms with Gasteiger partial charge in [0.1, 0.15) is 11.6 Å². The number of hydrogen-bond donors (Lipinski definition) is 1. The number of amides is 1. The van der Waals surface area contributed by atoms with Crippen molar-refractivity contribution < 1.29 is 13.9 Å². The molecule has 1 aliphatic rings.